The third-order valence-corrected chi connectivity index (χ3v) is 3.91. The fourth-order valence-corrected chi connectivity index (χ4v) is 2.73. The molecule has 1 heterocycles. The van der Waals surface area contributed by atoms with Crippen molar-refractivity contribution in [2.45, 2.75) is 38.8 Å². The molecule has 0 amide bonds. The summed E-state index contributed by atoms with van der Waals surface area (Å²) in [5.74, 6) is 6.57. The smallest absolute Gasteiger partial charge is 0.123 e. The van der Waals surface area contributed by atoms with Gasteiger partial charge < -0.3 is 9.84 Å². The van der Waals surface area contributed by atoms with Gasteiger partial charge in [0.1, 0.15) is 12.4 Å². The molecule has 108 valence electrons. The summed E-state index contributed by atoms with van der Waals surface area (Å²) in [5, 5.41) is 8.79. The van der Waals surface area contributed by atoms with E-state index in [0.29, 0.717) is 6.04 Å². The van der Waals surface area contributed by atoms with Crippen LogP contribution in [0.1, 0.15) is 37.3 Å². The van der Waals surface area contributed by atoms with Gasteiger partial charge in [0.25, 0.3) is 0 Å². The maximum Gasteiger partial charge on any atom is 0.123 e. The fraction of sp³-hybridized carbons (Fsp3) is 0.529. The Morgan fingerprint density at radius 3 is 2.95 bits per heavy atom. The first-order valence-electron chi connectivity index (χ1n) is 7.25. The van der Waals surface area contributed by atoms with Crippen molar-refractivity contribution >= 4 is 0 Å². The number of piperidine rings is 1. The molecule has 0 spiro atoms. The first-order chi connectivity index (χ1) is 9.74. The minimum Gasteiger partial charge on any atom is -0.496 e. The maximum absolute atomic E-state index is 8.79. The van der Waals surface area contributed by atoms with Crippen LogP contribution in [0.4, 0.5) is 0 Å². The normalized spacial score (nSPS) is 19.2. The van der Waals surface area contributed by atoms with Crippen LogP contribution in [0.2, 0.25) is 0 Å². The van der Waals surface area contributed by atoms with Crippen LogP contribution in [0.5, 0.6) is 5.75 Å². The molecule has 1 unspecified atom stereocenters. The lowest BCUT2D eigenvalue weighted by Crippen LogP contribution is -2.36. The molecule has 1 N–H and O–H groups in total. The van der Waals surface area contributed by atoms with Gasteiger partial charge in [-0.1, -0.05) is 18.3 Å². The highest BCUT2D eigenvalue weighted by Crippen LogP contribution is 2.25. The molecule has 0 aliphatic carbocycles. The summed E-state index contributed by atoms with van der Waals surface area (Å²) < 4.78 is 5.46. The lowest BCUT2D eigenvalue weighted by Gasteiger charge is -2.33. The number of benzene rings is 1. The van der Waals surface area contributed by atoms with E-state index in [-0.39, 0.29) is 6.61 Å². The highest BCUT2D eigenvalue weighted by atomic mass is 16.5. The van der Waals surface area contributed by atoms with Gasteiger partial charge in [-0.25, -0.2) is 0 Å². The average Bonchev–Trinajstić information content (AvgIpc) is 2.48. The van der Waals surface area contributed by atoms with Crippen molar-refractivity contribution < 1.29 is 9.84 Å². The van der Waals surface area contributed by atoms with Gasteiger partial charge in [0, 0.05) is 23.7 Å². The molecule has 0 radical (unpaired) electrons. The van der Waals surface area contributed by atoms with Crippen LogP contribution in [-0.2, 0) is 6.54 Å². The number of rotatable bonds is 3. The molecule has 1 aromatic carbocycles. The summed E-state index contributed by atoms with van der Waals surface area (Å²) in [6.07, 6.45) is 3.87. The van der Waals surface area contributed by atoms with E-state index in [2.05, 4.69) is 29.7 Å². The lowest BCUT2D eigenvalue weighted by molar-refractivity contribution is 0.151. The van der Waals surface area contributed by atoms with Crippen LogP contribution < -0.4 is 4.74 Å². The van der Waals surface area contributed by atoms with Gasteiger partial charge in [-0.2, -0.15) is 0 Å². The van der Waals surface area contributed by atoms with Crippen LogP contribution in [-0.4, -0.2) is 36.3 Å². The lowest BCUT2D eigenvalue weighted by atomic mass is 10.0. The zero-order chi connectivity index (χ0) is 14.4. The summed E-state index contributed by atoms with van der Waals surface area (Å²) >= 11 is 0. The van der Waals surface area contributed by atoms with Gasteiger partial charge in [0.05, 0.1) is 7.11 Å². The molecule has 1 atom stereocenters. The summed E-state index contributed by atoms with van der Waals surface area (Å²) in [7, 11) is 1.71. The second kappa shape index (κ2) is 7.33. The molecular weight excluding hydrogens is 250 g/mol. The molecule has 0 saturated carbocycles. The predicted octanol–water partition coefficient (Wildman–Crippen LogP) is 2.41. The van der Waals surface area contributed by atoms with Crippen LogP contribution in [0.3, 0.4) is 0 Å². The number of likely N-dealkylation sites (tertiary alicyclic amines) is 1. The summed E-state index contributed by atoms with van der Waals surface area (Å²) in [6.45, 7) is 4.24. The van der Waals surface area contributed by atoms with Crippen molar-refractivity contribution in [3.63, 3.8) is 0 Å². The Balaban J connectivity index is 2.19. The first kappa shape index (κ1) is 14.9. The van der Waals surface area contributed by atoms with Crippen molar-refractivity contribution in [3.05, 3.63) is 29.3 Å². The van der Waals surface area contributed by atoms with Gasteiger partial charge in [-0.05, 0) is 44.5 Å². The number of aliphatic hydroxyl groups excluding tert-OH is 1. The molecule has 1 fully saturated rings. The highest BCUT2D eigenvalue weighted by molar-refractivity contribution is 5.44. The van der Waals surface area contributed by atoms with Gasteiger partial charge in [-0.15, -0.1) is 0 Å². The number of hydrogen-bond acceptors (Lipinski definition) is 3. The SMILES string of the molecule is COc1ccc(C#CCO)cc1CN1CCCCC1C. The molecule has 0 bridgehead atoms. The Hall–Kier alpha value is -1.50. The molecule has 20 heavy (non-hydrogen) atoms. The number of ether oxygens (including phenoxy) is 1. The second-order valence-corrected chi connectivity index (χ2v) is 5.30. The van der Waals surface area contributed by atoms with E-state index in [0.717, 1.165) is 24.4 Å². The van der Waals surface area contributed by atoms with E-state index in [4.69, 9.17) is 9.84 Å². The topological polar surface area (TPSA) is 32.7 Å². The van der Waals surface area contributed by atoms with Gasteiger partial charge in [0.15, 0.2) is 0 Å². The van der Waals surface area contributed by atoms with Crippen LogP contribution in [0.15, 0.2) is 18.2 Å². The van der Waals surface area contributed by atoms with Gasteiger partial charge in [-0.3, -0.25) is 4.90 Å². The van der Waals surface area contributed by atoms with Crippen LogP contribution >= 0.6 is 0 Å². The van der Waals surface area contributed by atoms with E-state index < -0.39 is 0 Å². The first-order valence-corrected chi connectivity index (χ1v) is 7.25. The fourth-order valence-electron chi connectivity index (χ4n) is 2.73. The van der Waals surface area contributed by atoms with E-state index in [9.17, 15) is 0 Å². The number of hydrogen-bond donors (Lipinski definition) is 1. The predicted molar refractivity (Wildman–Crippen MR) is 80.7 cm³/mol. The Bertz CT molecular complexity index is 501. The number of aliphatic hydroxyl groups is 1. The molecule has 1 aromatic rings. The van der Waals surface area contributed by atoms with Gasteiger partial charge in [0.2, 0.25) is 0 Å². The van der Waals surface area contributed by atoms with Crippen LogP contribution in [0, 0.1) is 11.8 Å². The largest absolute Gasteiger partial charge is 0.496 e. The third kappa shape index (κ3) is 3.75. The summed E-state index contributed by atoms with van der Waals surface area (Å²) in [4.78, 5) is 2.50. The van der Waals surface area contributed by atoms with E-state index in [1.54, 1.807) is 7.11 Å². The molecule has 1 aliphatic rings. The Kier molecular flexibility index (Phi) is 5.46. The van der Waals surface area contributed by atoms with Crippen molar-refractivity contribution in [1.29, 1.82) is 0 Å². The Labute approximate surface area is 121 Å². The Morgan fingerprint density at radius 2 is 2.25 bits per heavy atom. The standard InChI is InChI=1S/C17H23NO2/c1-14-6-3-4-10-18(14)13-16-12-15(7-5-11-19)8-9-17(16)20-2/h8-9,12,14,19H,3-4,6,10-11,13H2,1-2H3. The number of methoxy groups -OCH3 is 1. The average molecular weight is 273 g/mol. The van der Waals surface area contributed by atoms with E-state index >= 15 is 0 Å². The minimum absolute atomic E-state index is 0.107. The van der Waals surface area contributed by atoms with E-state index in [1.165, 1.54) is 24.8 Å². The van der Waals surface area contributed by atoms with Crippen molar-refractivity contribution in [2.24, 2.45) is 0 Å². The zero-order valence-electron chi connectivity index (χ0n) is 12.4. The molecule has 3 nitrogen and oxygen atoms in total. The second-order valence-electron chi connectivity index (χ2n) is 5.30. The molecule has 1 saturated heterocycles. The molecule has 3 heteroatoms. The summed E-state index contributed by atoms with van der Waals surface area (Å²) in [5.41, 5.74) is 2.10. The molecule has 2 rings (SSSR count). The minimum atomic E-state index is -0.107. The molecule has 0 aromatic heterocycles. The van der Waals surface area contributed by atoms with Gasteiger partial charge >= 0.3 is 0 Å². The van der Waals surface area contributed by atoms with E-state index in [1.807, 2.05) is 12.1 Å². The third-order valence-electron chi connectivity index (χ3n) is 3.91. The quantitative estimate of drug-likeness (QED) is 0.859. The summed E-state index contributed by atoms with van der Waals surface area (Å²) in [6, 6.07) is 6.60. The van der Waals surface area contributed by atoms with Crippen molar-refractivity contribution in [3.8, 4) is 17.6 Å². The zero-order valence-corrected chi connectivity index (χ0v) is 12.4. The monoisotopic (exact) mass is 273 g/mol. The maximum atomic E-state index is 8.79. The number of nitrogens with zero attached hydrogens (tertiary/aromatic N) is 1. The molecule has 1 aliphatic heterocycles. The van der Waals surface area contributed by atoms with Crippen molar-refractivity contribution in [1.82, 2.24) is 4.90 Å². The molecular formula is C17H23NO2. The highest BCUT2D eigenvalue weighted by Gasteiger charge is 2.19. The Morgan fingerprint density at radius 1 is 1.40 bits per heavy atom. The van der Waals surface area contributed by atoms with Crippen molar-refractivity contribution in [2.75, 3.05) is 20.3 Å². The van der Waals surface area contributed by atoms with Crippen LogP contribution in [0.25, 0.3) is 0 Å².